The van der Waals surface area contributed by atoms with Crippen LogP contribution in [0.4, 0.5) is 0 Å². The van der Waals surface area contributed by atoms with Gasteiger partial charge >= 0.3 is 0 Å². The molecule has 1 N–H and O–H groups in total. The number of nitrogens with one attached hydrogen (secondary N) is 1. The summed E-state index contributed by atoms with van der Waals surface area (Å²) in [4.78, 5) is 22.8. The Morgan fingerprint density at radius 2 is 1.94 bits per heavy atom. The van der Waals surface area contributed by atoms with Crippen molar-refractivity contribution in [2.45, 2.75) is 32.7 Å². The predicted octanol–water partition coefficient (Wildman–Crippen LogP) is 1.94. The lowest BCUT2D eigenvalue weighted by atomic mass is 10.1. The molecular weight excluding hydrogens is 230 g/mol. The maximum Gasteiger partial charge on any atom is 0.223 e. The van der Waals surface area contributed by atoms with Gasteiger partial charge in [-0.15, -0.1) is 0 Å². The van der Waals surface area contributed by atoms with Gasteiger partial charge in [-0.1, -0.05) is 25.1 Å². The molecule has 0 bridgehead atoms. The van der Waals surface area contributed by atoms with E-state index in [4.69, 9.17) is 4.74 Å². The number of ether oxygens (including phenoxy) is 1. The summed E-state index contributed by atoms with van der Waals surface area (Å²) in [5.74, 6) is 0.607. The van der Waals surface area contributed by atoms with Gasteiger partial charge in [0.2, 0.25) is 5.91 Å². The zero-order chi connectivity index (χ0) is 13.4. The van der Waals surface area contributed by atoms with E-state index in [2.05, 4.69) is 5.32 Å². The first kappa shape index (κ1) is 14.2. The molecule has 1 amide bonds. The monoisotopic (exact) mass is 249 g/mol. The standard InChI is InChI=1S/C14H19NO3/c1-3-13(16)11(2)15-14(17)9-10-18-12-7-5-4-6-8-12/h4-8,11H,3,9-10H2,1-2H3,(H,15,17). The molecule has 1 atom stereocenters. The molecule has 1 aromatic carbocycles. The van der Waals surface area contributed by atoms with Gasteiger partial charge < -0.3 is 10.1 Å². The van der Waals surface area contributed by atoms with Gasteiger partial charge in [0.05, 0.1) is 19.1 Å². The van der Waals surface area contributed by atoms with E-state index in [0.717, 1.165) is 5.75 Å². The fourth-order valence-electron chi connectivity index (χ4n) is 1.48. The Balaban J connectivity index is 2.23. The van der Waals surface area contributed by atoms with Crippen molar-refractivity contribution < 1.29 is 14.3 Å². The molecule has 18 heavy (non-hydrogen) atoms. The van der Waals surface area contributed by atoms with E-state index >= 15 is 0 Å². The minimum atomic E-state index is -0.417. The third-order valence-corrected chi connectivity index (χ3v) is 2.55. The second-order valence-electron chi connectivity index (χ2n) is 4.02. The van der Waals surface area contributed by atoms with Crippen LogP contribution in [0.25, 0.3) is 0 Å². The number of carbonyl (C=O) groups is 2. The molecule has 1 rings (SSSR count). The van der Waals surface area contributed by atoms with Crippen LogP contribution in [0.3, 0.4) is 0 Å². The second-order valence-corrected chi connectivity index (χ2v) is 4.02. The summed E-state index contributed by atoms with van der Waals surface area (Å²) in [5, 5.41) is 2.65. The maximum atomic E-state index is 11.5. The van der Waals surface area contributed by atoms with Gasteiger partial charge in [-0.2, -0.15) is 0 Å². The largest absolute Gasteiger partial charge is 0.493 e. The van der Waals surface area contributed by atoms with E-state index in [9.17, 15) is 9.59 Å². The zero-order valence-electron chi connectivity index (χ0n) is 10.8. The molecule has 0 aliphatic rings. The summed E-state index contributed by atoms with van der Waals surface area (Å²) in [7, 11) is 0. The second kappa shape index (κ2) is 7.48. The number of rotatable bonds is 7. The first-order valence-corrected chi connectivity index (χ1v) is 6.13. The lowest BCUT2D eigenvalue weighted by Gasteiger charge is -2.12. The SMILES string of the molecule is CCC(=O)C(C)NC(=O)CCOc1ccccc1. The molecule has 4 nitrogen and oxygen atoms in total. The number of benzene rings is 1. The van der Waals surface area contributed by atoms with Crippen LogP contribution in [-0.2, 0) is 9.59 Å². The average Bonchev–Trinajstić information content (AvgIpc) is 2.38. The number of ketones is 1. The highest BCUT2D eigenvalue weighted by Gasteiger charge is 2.13. The van der Waals surface area contributed by atoms with Gasteiger partial charge in [0.1, 0.15) is 5.75 Å². The maximum absolute atomic E-state index is 11.5. The average molecular weight is 249 g/mol. The topological polar surface area (TPSA) is 55.4 Å². The fraction of sp³-hybridized carbons (Fsp3) is 0.429. The highest BCUT2D eigenvalue weighted by Crippen LogP contribution is 2.08. The molecule has 0 aromatic heterocycles. The van der Waals surface area contributed by atoms with E-state index in [0.29, 0.717) is 13.0 Å². The highest BCUT2D eigenvalue weighted by molar-refractivity contribution is 5.88. The van der Waals surface area contributed by atoms with Gasteiger partial charge in [-0.05, 0) is 19.1 Å². The Bertz CT molecular complexity index is 389. The molecule has 0 radical (unpaired) electrons. The van der Waals surface area contributed by atoms with E-state index < -0.39 is 6.04 Å². The third-order valence-electron chi connectivity index (χ3n) is 2.55. The van der Waals surface area contributed by atoms with Crippen molar-refractivity contribution in [3.8, 4) is 5.75 Å². The van der Waals surface area contributed by atoms with Crippen molar-refractivity contribution in [1.82, 2.24) is 5.32 Å². The van der Waals surface area contributed by atoms with E-state index in [1.54, 1.807) is 13.8 Å². The molecule has 1 unspecified atom stereocenters. The van der Waals surface area contributed by atoms with Gasteiger partial charge in [-0.3, -0.25) is 9.59 Å². The lowest BCUT2D eigenvalue weighted by Crippen LogP contribution is -2.38. The number of para-hydroxylation sites is 1. The van der Waals surface area contributed by atoms with Gasteiger partial charge in [0.25, 0.3) is 0 Å². The fourth-order valence-corrected chi connectivity index (χ4v) is 1.48. The molecule has 0 heterocycles. The van der Waals surface area contributed by atoms with Crippen LogP contribution < -0.4 is 10.1 Å². The molecule has 1 aromatic rings. The van der Waals surface area contributed by atoms with Gasteiger partial charge in [0.15, 0.2) is 5.78 Å². The Hall–Kier alpha value is -1.84. The summed E-state index contributed by atoms with van der Waals surface area (Å²) in [6.45, 7) is 3.79. The molecule has 0 spiro atoms. The zero-order valence-corrected chi connectivity index (χ0v) is 10.8. The molecule has 0 saturated heterocycles. The third kappa shape index (κ3) is 4.99. The first-order valence-electron chi connectivity index (χ1n) is 6.13. The Morgan fingerprint density at radius 3 is 2.56 bits per heavy atom. The predicted molar refractivity (Wildman–Crippen MR) is 69.5 cm³/mol. The quantitative estimate of drug-likeness (QED) is 0.803. The van der Waals surface area contributed by atoms with Crippen LogP contribution >= 0.6 is 0 Å². The van der Waals surface area contributed by atoms with Crippen LogP contribution in [0.1, 0.15) is 26.7 Å². The summed E-state index contributed by atoms with van der Waals surface area (Å²) in [6.07, 6.45) is 0.679. The van der Waals surface area contributed by atoms with Crippen LogP contribution in [-0.4, -0.2) is 24.3 Å². The highest BCUT2D eigenvalue weighted by atomic mass is 16.5. The van der Waals surface area contributed by atoms with Gasteiger partial charge in [-0.25, -0.2) is 0 Å². The van der Waals surface area contributed by atoms with Crippen molar-refractivity contribution in [2.75, 3.05) is 6.61 Å². The van der Waals surface area contributed by atoms with Crippen molar-refractivity contribution in [2.24, 2.45) is 0 Å². The smallest absolute Gasteiger partial charge is 0.223 e. The number of hydrogen-bond donors (Lipinski definition) is 1. The minimum Gasteiger partial charge on any atom is -0.493 e. The summed E-state index contributed by atoms with van der Waals surface area (Å²) >= 11 is 0. The van der Waals surface area contributed by atoms with E-state index in [1.165, 1.54) is 0 Å². The number of carbonyl (C=O) groups excluding carboxylic acids is 2. The van der Waals surface area contributed by atoms with Crippen molar-refractivity contribution in [3.63, 3.8) is 0 Å². The molecule has 98 valence electrons. The van der Waals surface area contributed by atoms with Crippen molar-refractivity contribution >= 4 is 11.7 Å². The number of Topliss-reactive ketones (excluding diaryl/α,β-unsaturated/α-hetero) is 1. The van der Waals surface area contributed by atoms with Crippen molar-refractivity contribution in [1.29, 1.82) is 0 Å². The summed E-state index contributed by atoms with van der Waals surface area (Å²) in [6, 6.07) is 8.90. The van der Waals surface area contributed by atoms with Crippen molar-refractivity contribution in [3.05, 3.63) is 30.3 Å². The Kier molecular flexibility index (Phi) is 5.91. The van der Waals surface area contributed by atoms with Crippen LogP contribution in [0.5, 0.6) is 5.75 Å². The molecule has 0 aliphatic carbocycles. The van der Waals surface area contributed by atoms with Crippen LogP contribution in [0, 0.1) is 0 Å². The van der Waals surface area contributed by atoms with Gasteiger partial charge in [0, 0.05) is 6.42 Å². The van der Waals surface area contributed by atoms with Crippen LogP contribution in [0.2, 0.25) is 0 Å². The van der Waals surface area contributed by atoms with Crippen LogP contribution in [0.15, 0.2) is 30.3 Å². The normalized spacial score (nSPS) is 11.7. The number of amides is 1. The molecule has 0 aliphatic heterocycles. The molecule has 4 heteroatoms. The summed E-state index contributed by atoms with van der Waals surface area (Å²) in [5.41, 5.74) is 0. The molecular formula is C14H19NO3. The summed E-state index contributed by atoms with van der Waals surface area (Å²) < 4.78 is 5.40. The lowest BCUT2D eigenvalue weighted by molar-refractivity contribution is -0.127. The number of hydrogen-bond acceptors (Lipinski definition) is 3. The minimum absolute atomic E-state index is 0.0346. The van der Waals surface area contributed by atoms with E-state index in [-0.39, 0.29) is 18.1 Å². The molecule has 0 saturated carbocycles. The first-order chi connectivity index (χ1) is 8.63. The Morgan fingerprint density at radius 1 is 1.28 bits per heavy atom. The Labute approximate surface area is 107 Å². The van der Waals surface area contributed by atoms with E-state index in [1.807, 2.05) is 30.3 Å². The molecule has 0 fully saturated rings.